The summed E-state index contributed by atoms with van der Waals surface area (Å²) in [6.45, 7) is 2.32. The van der Waals surface area contributed by atoms with E-state index in [0.29, 0.717) is 35.0 Å². The molecule has 0 unspecified atom stereocenters. The number of aryl methyl sites for hydroxylation is 1. The quantitative estimate of drug-likeness (QED) is 0.334. The van der Waals surface area contributed by atoms with Gasteiger partial charge in [-0.1, -0.05) is 18.2 Å². The minimum atomic E-state index is -0.610. The maximum Gasteiger partial charge on any atom is 0.251 e. The smallest absolute Gasteiger partial charge is 0.251 e. The van der Waals surface area contributed by atoms with E-state index >= 15 is 0 Å². The maximum atomic E-state index is 14.4. The molecule has 38 heavy (non-hydrogen) atoms. The van der Waals surface area contributed by atoms with E-state index in [-0.39, 0.29) is 18.1 Å². The number of nitrogens with one attached hydrogen (secondary N) is 1. The first-order valence-corrected chi connectivity index (χ1v) is 12.8. The number of hydrogen-bond acceptors (Lipinski definition) is 4. The molecule has 1 saturated carbocycles. The number of ether oxygens (including phenoxy) is 1. The Morgan fingerprint density at radius 1 is 0.947 bits per heavy atom. The predicted octanol–water partition coefficient (Wildman–Crippen LogP) is 6.25. The Bertz CT molecular complexity index is 1650. The van der Waals surface area contributed by atoms with E-state index in [9.17, 15) is 13.6 Å². The number of nitrogens with zero attached hydrogens (tertiary/aromatic N) is 1. The van der Waals surface area contributed by atoms with Crippen molar-refractivity contribution in [1.82, 2.24) is 10.3 Å². The lowest BCUT2D eigenvalue weighted by Gasteiger charge is -2.18. The van der Waals surface area contributed by atoms with Crippen LogP contribution in [0.3, 0.4) is 0 Å². The molecular formula is C31H25F2N3O2. The summed E-state index contributed by atoms with van der Waals surface area (Å²) in [5, 5.41) is 3.06. The number of rotatable bonds is 5. The molecule has 3 aromatic carbocycles. The van der Waals surface area contributed by atoms with Crippen molar-refractivity contribution in [3.8, 4) is 11.1 Å². The average molecular weight is 510 g/mol. The van der Waals surface area contributed by atoms with Crippen molar-refractivity contribution in [2.45, 2.75) is 44.4 Å². The van der Waals surface area contributed by atoms with Crippen LogP contribution in [-0.2, 0) is 11.3 Å². The van der Waals surface area contributed by atoms with Gasteiger partial charge >= 0.3 is 0 Å². The topological polar surface area (TPSA) is 77.2 Å². The molecule has 1 fully saturated rings. The second kappa shape index (κ2) is 8.46. The highest BCUT2D eigenvalue weighted by atomic mass is 19.1. The SMILES string of the molecule is Cc1nc(N)cc(C2CC2)c1CNC(=O)c1ccc2c(c1)[C@@H]1O[C@H]2c2ccc(-c3ccc(F)cc3F)cc21. The van der Waals surface area contributed by atoms with E-state index in [2.05, 4.69) is 10.3 Å². The van der Waals surface area contributed by atoms with Crippen LogP contribution in [0.1, 0.15) is 80.4 Å². The van der Waals surface area contributed by atoms with Crippen LogP contribution in [0.5, 0.6) is 0 Å². The lowest BCUT2D eigenvalue weighted by Crippen LogP contribution is -2.24. The Hall–Kier alpha value is -4.10. The van der Waals surface area contributed by atoms with Crippen LogP contribution in [0.25, 0.3) is 11.1 Å². The summed E-state index contributed by atoms with van der Waals surface area (Å²) in [6.07, 6.45) is 1.70. The highest BCUT2D eigenvalue weighted by Crippen LogP contribution is 2.55. The summed E-state index contributed by atoms with van der Waals surface area (Å²) in [4.78, 5) is 17.6. The van der Waals surface area contributed by atoms with Gasteiger partial charge in [-0.25, -0.2) is 13.8 Å². The predicted molar refractivity (Wildman–Crippen MR) is 140 cm³/mol. The van der Waals surface area contributed by atoms with Gasteiger partial charge in [0, 0.05) is 29.4 Å². The fourth-order valence-corrected chi connectivity index (χ4v) is 5.89. The first kappa shape index (κ1) is 23.0. The lowest BCUT2D eigenvalue weighted by atomic mass is 9.83. The van der Waals surface area contributed by atoms with Gasteiger partial charge in [0.2, 0.25) is 0 Å². The molecule has 1 aliphatic carbocycles. The van der Waals surface area contributed by atoms with Crippen LogP contribution in [0, 0.1) is 18.6 Å². The van der Waals surface area contributed by atoms with Crippen LogP contribution in [-0.4, -0.2) is 10.9 Å². The summed E-state index contributed by atoms with van der Waals surface area (Å²) in [5.41, 5.74) is 14.5. The van der Waals surface area contributed by atoms with Crippen molar-refractivity contribution < 1.29 is 18.3 Å². The second-order valence-electron chi connectivity index (χ2n) is 10.4. The van der Waals surface area contributed by atoms with Crippen molar-refractivity contribution in [3.05, 3.63) is 117 Å². The zero-order valence-electron chi connectivity index (χ0n) is 20.7. The molecule has 2 aliphatic heterocycles. The molecule has 190 valence electrons. The lowest BCUT2D eigenvalue weighted by molar-refractivity contribution is 0.0857. The molecule has 0 radical (unpaired) electrons. The molecule has 3 heterocycles. The van der Waals surface area contributed by atoms with E-state index in [1.807, 2.05) is 49.4 Å². The average Bonchev–Trinajstić information content (AvgIpc) is 3.59. The zero-order chi connectivity index (χ0) is 26.1. The van der Waals surface area contributed by atoms with Crippen molar-refractivity contribution in [2.24, 2.45) is 0 Å². The summed E-state index contributed by atoms with van der Waals surface area (Å²) >= 11 is 0. The third-order valence-electron chi connectivity index (χ3n) is 7.91. The number of halogens is 2. The number of pyridine rings is 1. The minimum Gasteiger partial charge on any atom is -0.384 e. The molecule has 2 atom stereocenters. The number of nitrogens with two attached hydrogens (primary N) is 1. The van der Waals surface area contributed by atoms with Gasteiger partial charge in [-0.05, 0) is 101 Å². The monoisotopic (exact) mass is 509 g/mol. The van der Waals surface area contributed by atoms with Gasteiger partial charge in [-0.15, -0.1) is 0 Å². The van der Waals surface area contributed by atoms with Crippen LogP contribution >= 0.6 is 0 Å². The van der Waals surface area contributed by atoms with E-state index in [4.69, 9.17) is 10.5 Å². The van der Waals surface area contributed by atoms with E-state index in [1.165, 1.54) is 17.7 Å². The number of fused-ring (bicyclic) bond motifs is 8. The molecule has 1 aromatic heterocycles. The Kier molecular flexibility index (Phi) is 5.13. The number of amides is 1. The van der Waals surface area contributed by atoms with Crippen LogP contribution in [0.4, 0.5) is 14.6 Å². The molecule has 7 heteroatoms. The number of benzene rings is 3. The number of nitrogen functional groups attached to an aromatic ring is 1. The van der Waals surface area contributed by atoms with Gasteiger partial charge in [-0.3, -0.25) is 4.79 Å². The fourth-order valence-electron chi connectivity index (χ4n) is 5.89. The first-order valence-electron chi connectivity index (χ1n) is 12.8. The van der Waals surface area contributed by atoms with Gasteiger partial charge in [0.05, 0.1) is 0 Å². The minimum absolute atomic E-state index is 0.170. The summed E-state index contributed by atoms with van der Waals surface area (Å²) < 4.78 is 34.1. The third kappa shape index (κ3) is 3.69. The molecule has 3 N–H and O–H groups in total. The Labute approximate surface area is 218 Å². The largest absolute Gasteiger partial charge is 0.384 e. The van der Waals surface area contributed by atoms with Gasteiger partial charge in [0.15, 0.2) is 0 Å². The number of carbonyl (C=O) groups excluding carboxylic acids is 1. The van der Waals surface area contributed by atoms with E-state index < -0.39 is 11.6 Å². The van der Waals surface area contributed by atoms with Crippen molar-refractivity contribution >= 4 is 11.7 Å². The Balaban J connectivity index is 1.15. The molecule has 7 rings (SSSR count). The number of anilines is 1. The second-order valence-corrected chi connectivity index (χ2v) is 10.4. The number of aromatic nitrogens is 1. The van der Waals surface area contributed by atoms with Crippen LogP contribution in [0.2, 0.25) is 0 Å². The third-order valence-corrected chi connectivity index (χ3v) is 7.91. The van der Waals surface area contributed by atoms with Crippen molar-refractivity contribution in [3.63, 3.8) is 0 Å². The Morgan fingerprint density at radius 3 is 2.45 bits per heavy atom. The highest BCUT2D eigenvalue weighted by molar-refractivity contribution is 5.94. The van der Waals surface area contributed by atoms with Gasteiger partial charge in [0.25, 0.3) is 5.91 Å². The molecular weight excluding hydrogens is 484 g/mol. The molecule has 5 nitrogen and oxygen atoms in total. The zero-order valence-corrected chi connectivity index (χ0v) is 20.7. The molecule has 3 aliphatic rings. The standard InChI is InChI=1S/C31H25F2N3O2/c1-15-26(23(16-2-3-16)13-28(34)36-15)14-35-31(37)18-5-8-22-25(11-18)30-24-10-17(4-7-21(24)29(22)38-30)20-9-6-19(32)12-27(20)33/h4-13,16,29-30H,2-3,14H2,1H3,(H2,34,36)(H,35,37)/t29-,30+/m0/s1. The van der Waals surface area contributed by atoms with Crippen LogP contribution < -0.4 is 11.1 Å². The normalized spacial score (nSPS) is 18.8. The van der Waals surface area contributed by atoms with Crippen molar-refractivity contribution in [2.75, 3.05) is 5.73 Å². The van der Waals surface area contributed by atoms with Crippen LogP contribution in [0.15, 0.2) is 60.7 Å². The van der Waals surface area contributed by atoms with E-state index in [1.54, 1.807) is 0 Å². The van der Waals surface area contributed by atoms with Gasteiger partial charge in [0.1, 0.15) is 29.7 Å². The molecule has 0 spiro atoms. The molecule has 1 amide bonds. The van der Waals surface area contributed by atoms with E-state index in [0.717, 1.165) is 52.4 Å². The highest BCUT2D eigenvalue weighted by Gasteiger charge is 2.43. The molecule has 4 aromatic rings. The summed E-state index contributed by atoms with van der Waals surface area (Å²) in [6, 6.07) is 16.9. The molecule has 0 saturated heterocycles. The maximum absolute atomic E-state index is 14.4. The van der Waals surface area contributed by atoms with Gasteiger partial charge in [-0.2, -0.15) is 0 Å². The summed E-state index contributed by atoms with van der Waals surface area (Å²) in [7, 11) is 0. The molecule has 2 bridgehead atoms. The first-order chi connectivity index (χ1) is 18.4. The van der Waals surface area contributed by atoms with Gasteiger partial charge < -0.3 is 15.8 Å². The number of hydrogen-bond donors (Lipinski definition) is 2. The fraction of sp³-hybridized carbons (Fsp3) is 0.226. The van der Waals surface area contributed by atoms with Crippen molar-refractivity contribution in [1.29, 1.82) is 0 Å². The summed E-state index contributed by atoms with van der Waals surface area (Å²) in [5.74, 6) is -0.382. The Morgan fingerprint density at radius 2 is 1.68 bits per heavy atom. The number of carbonyl (C=O) groups is 1.